The van der Waals surface area contributed by atoms with Gasteiger partial charge < -0.3 is 29.2 Å². The molecule has 0 bridgehead atoms. The lowest BCUT2D eigenvalue weighted by molar-refractivity contribution is -0.161. The van der Waals surface area contributed by atoms with E-state index in [0.29, 0.717) is 18.4 Å². The third-order valence-corrected chi connectivity index (χ3v) is 4.46. The topological polar surface area (TPSA) is 120 Å². The van der Waals surface area contributed by atoms with Crippen LogP contribution in [-0.2, 0) is 25.5 Å². The molecule has 10 heteroatoms. The van der Waals surface area contributed by atoms with Crippen LogP contribution in [0.1, 0.15) is 56.5 Å². The molecule has 1 unspecified atom stereocenters. The lowest BCUT2D eigenvalue weighted by Crippen LogP contribution is -2.53. The zero-order valence-corrected chi connectivity index (χ0v) is 17.9. The van der Waals surface area contributed by atoms with Crippen molar-refractivity contribution in [3.05, 3.63) is 23.3 Å². The largest absolute Gasteiger partial charge is 0.547 e. The SMILES string of the molecule is CCCC(=O)NC1Cc2ccc(OC)c(C(=O)OCOC(=O)C(C)(C)C)c2OB1O. The molecule has 0 saturated carbocycles. The summed E-state index contributed by atoms with van der Waals surface area (Å²) >= 11 is 0. The van der Waals surface area contributed by atoms with Crippen molar-refractivity contribution in [2.45, 2.75) is 52.9 Å². The van der Waals surface area contributed by atoms with Gasteiger partial charge in [0.2, 0.25) is 12.7 Å². The number of ether oxygens (including phenoxy) is 3. The van der Waals surface area contributed by atoms with E-state index in [-0.39, 0.29) is 29.4 Å². The fourth-order valence-electron chi connectivity index (χ4n) is 2.86. The molecule has 1 aliphatic rings. The zero-order valence-electron chi connectivity index (χ0n) is 17.9. The number of methoxy groups -OCH3 is 1. The van der Waals surface area contributed by atoms with Gasteiger partial charge in [0, 0.05) is 6.42 Å². The van der Waals surface area contributed by atoms with Gasteiger partial charge in [0.05, 0.1) is 18.5 Å². The average Bonchev–Trinajstić information content (AvgIpc) is 2.67. The number of hydrogen-bond donors (Lipinski definition) is 2. The maximum absolute atomic E-state index is 12.7. The Morgan fingerprint density at radius 2 is 1.97 bits per heavy atom. The Balaban J connectivity index is 2.18. The predicted octanol–water partition coefficient (Wildman–Crippen LogP) is 1.64. The van der Waals surface area contributed by atoms with Crippen molar-refractivity contribution < 1.29 is 38.3 Å². The maximum atomic E-state index is 12.7. The molecule has 0 fully saturated rings. The summed E-state index contributed by atoms with van der Waals surface area (Å²) in [7, 11) is 0.0289. The molecule has 2 N–H and O–H groups in total. The Labute approximate surface area is 176 Å². The van der Waals surface area contributed by atoms with E-state index >= 15 is 0 Å². The number of carbonyl (C=O) groups is 3. The fourth-order valence-corrected chi connectivity index (χ4v) is 2.86. The van der Waals surface area contributed by atoms with E-state index in [2.05, 4.69) is 5.32 Å². The van der Waals surface area contributed by atoms with Crippen molar-refractivity contribution in [3.63, 3.8) is 0 Å². The van der Waals surface area contributed by atoms with Crippen LogP contribution in [0.2, 0.25) is 0 Å². The molecule has 1 aliphatic heterocycles. The van der Waals surface area contributed by atoms with Gasteiger partial charge in [-0.05, 0) is 45.2 Å². The van der Waals surface area contributed by atoms with Crippen LogP contribution < -0.4 is 14.7 Å². The van der Waals surface area contributed by atoms with Crippen molar-refractivity contribution in [2.24, 2.45) is 5.41 Å². The molecular weight excluding hydrogens is 393 g/mol. The van der Waals surface area contributed by atoms with E-state index in [9.17, 15) is 19.4 Å². The number of rotatable bonds is 7. The molecule has 1 atom stereocenters. The number of benzene rings is 1. The van der Waals surface area contributed by atoms with Crippen LogP contribution in [0.5, 0.6) is 11.5 Å². The third-order valence-electron chi connectivity index (χ3n) is 4.46. The second-order valence-electron chi connectivity index (χ2n) is 8.00. The minimum Gasteiger partial charge on any atom is -0.534 e. The van der Waals surface area contributed by atoms with Crippen LogP contribution in [0.25, 0.3) is 0 Å². The lowest BCUT2D eigenvalue weighted by atomic mass is 9.72. The van der Waals surface area contributed by atoms with Crippen LogP contribution in [-0.4, -0.2) is 49.8 Å². The molecular formula is C20H28BNO8. The van der Waals surface area contributed by atoms with Crippen molar-refractivity contribution in [3.8, 4) is 11.5 Å². The molecule has 0 spiro atoms. The lowest BCUT2D eigenvalue weighted by Gasteiger charge is -2.29. The summed E-state index contributed by atoms with van der Waals surface area (Å²) in [6.07, 6.45) is 1.28. The standard InChI is InChI=1S/C20H28BNO8/c1-6-7-15(23)22-14-10-12-8-9-13(27-5)16(17(12)30-21(14)26)18(24)28-11-29-19(25)20(2,3)4/h8-9,14,26H,6-7,10-11H2,1-5H3,(H,22,23). The Kier molecular flexibility index (Phi) is 7.72. The van der Waals surface area contributed by atoms with Gasteiger partial charge in [-0.2, -0.15) is 0 Å². The van der Waals surface area contributed by atoms with Crippen molar-refractivity contribution >= 4 is 25.0 Å². The van der Waals surface area contributed by atoms with Gasteiger partial charge in [-0.3, -0.25) is 9.59 Å². The molecule has 0 radical (unpaired) electrons. The summed E-state index contributed by atoms with van der Waals surface area (Å²) in [6, 6.07) is 3.26. The van der Waals surface area contributed by atoms with Gasteiger partial charge >= 0.3 is 19.1 Å². The van der Waals surface area contributed by atoms with Crippen LogP contribution in [0.15, 0.2) is 12.1 Å². The number of amides is 1. The molecule has 9 nitrogen and oxygen atoms in total. The number of hydrogen-bond acceptors (Lipinski definition) is 8. The number of esters is 2. The molecule has 0 aromatic heterocycles. The summed E-state index contributed by atoms with van der Waals surface area (Å²) in [4.78, 5) is 36.4. The maximum Gasteiger partial charge on any atom is 0.547 e. The normalized spacial score (nSPS) is 15.5. The van der Waals surface area contributed by atoms with Crippen molar-refractivity contribution in [2.75, 3.05) is 13.9 Å². The third kappa shape index (κ3) is 5.66. The average molecular weight is 421 g/mol. The summed E-state index contributed by atoms with van der Waals surface area (Å²) < 4.78 is 20.8. The molecule has 1 aromatic rings. The van der Waals surface area contributed by atoms with Gasteiger partial charge in [0.1, 0.15) is 17.1 Å². The first-order valence-electron chi connectivity index (χ1n) is 9.76. The van der Waals surface area contributed by atoms with E-state index in [4.69, 9.17) is 18.9 Å². The molecule has 164 valence electrons. The highest BCUT2D eigenvalue weighted by Gasteiger charge is 2.39. The van der Waals surface area contributed by atoms with E-state index in [1.54, 1.807) is 32.9 Å². The number of nitrogens with one attached hydrogen (secondary N) is 1. The second-order valence-corrected chi connectivity index (χ2v) is 8.00. The monoisotopic (exact) mass is 421 g/mol. The first-order valence-corrected chi connectivity index (χ1v) is 9.76. The highest BCUT2D eigenvalue weighted by Crippen LogP contribution is 2.36. The summed E-state index contributed by atoms with van der Waals surface area (Å²) in [5, 5.41) is 13.1. The predicted molar refractivity (Wildman–Crippen MR) is 108 cm³/mol. The molecule has 0 saturated heterocycles. The molecule has 1 amide bonds. The Hall–Kier alpha value is -2.75. The molecule has 1 heterocycles. The highest BCUT2D eigenvalue weighted by molar-refractivity contribution is 6.47. The van der Waals surface area contributed by atoms with Gasteiger partial charge in [-0.1, -0.05) is 13.0 Å². The number of carbonyl (C=O) groups excluding carboxylic acids is 3. The summed E-state index contributed by atoms with van der Waals surface area (Å²) in [5.41, 5.74) is -0.166. The molecule has 30 heavy (non-hydrogen) atoms. The Bertz CT molecular complexity index is 805. The van der Waals surface area contributed by atoms with Crippen molar-refractivity contribution in [1.82, 2.24) is 5.32 Å². The quantitative estimate of drug-likeness (QED) is 0.387. The summed E-state index contributed by atoms with van der Waals surface area (Å²) in [6.45, 7) is 6.35. The van der Waals surface area contributed by atoms with E-state index in [0.717, 1.165) is 0 Å². The Morgan fingerprint density at radius 1 is 1.27 bits per heavy atom. The van der Waals surface area contributed by atoms with E-state index < -0.39 is 37.2 Å². The first-order chi connectivity index (χ1) is 14.1. The smallest absolute Gasteiger partial charge is 0.534 e. The zero-order chi connectivity index (χ0) is 22.5. The summed E-state index contributed by atoms with van der Waals surface area (Å²) in [5.74, 6) is -1.90. The molecule has 1 aromatic carbocycles. The molecule has 2 rings (SSSR count). The molecule has 0 aliphatic carbocycles. The van der Waals surface area contributed by atoms with E-state index in [1.165, 1.54) is 7.11 Å². The first kappa shape index (κ1) is 23.5. The van der Waals surface area contributed by atoms with Crippen LogP contribution in [0.4, 0.5) is 0 Å². The van der Waals surface area contributed by atoms with Gasteiger partial charge in [0.15, 0.2) is 0 Å². The van der Waals surface area contributed by atoms with Crippen LogP contribution in [0, 0.1) is 5.41 Å². The minimum atomic E-state index is -1.35. The second kappa shape index (κ2) is 9.84. The van der Waals surface area contributed by atoms with Crippen LogP contribution in [0.3, 0.4) is 0 Å². The minimum absolute atomic E-state index is 0.0285. The fraction of sp³-hybridized carbons (Fsp3) is 0.550. The van der Waals surface area contributed by atoms with Gasteiger partial charge in [-0.15, -0.1) is 0 Å². The Morgan fingerprint density at radius 3 is 2.57 bits per heavy atom. The van der Waals surface area contributed by atoms with Gasteiger partial charge in [-0.25, -0.2) is 4.79 Å². The van der Waals surface area contributed by atoms with Gasteiger partial charge in [0.25, 0.3) is 0 Å². The highest BCUT2D eigenvalue weighted by atomic mass is 16.7. The van der Waals surface area contributed by atoms with E-state index in [1.807, 2.05) is 6.92 Å². The van der Waals surface area contributed by atoms with Crippen molar-refractivity contribution in [1.29, 1.82) is 0 Å². The number of fused-ring (bicyclic) bond motifs is 1. The van der Waals surface area contributed by atoms with Crippen LogP contribution >= 0.6 is 0 Å².